The summed E-state index contributed by atoms with van der Waals surface area (Å²) in [7, 11) is 0. The van der Waals surface area contributed by atoms with Crippen LogP contribution >= 0.6 is 0 Å². The molecule has 0 aliphatic carbocycles. The number of nitrogens with one attached hydrogen (secondary N) is 1. The Kier molecular flexibility index (Phi) is 3.65. The van der Waals surface area contributed by atoms with Gasteiger partial charge in [-0.15, -0.1) is 0 Å². The van der Waals surface area contributed by atoms with Gasteiger partial charge in [-0.1, -0.05) is 17.3 Å². The second-order valence-corrected chi connectivity index (χ2v) is 4.68. The van der Waals surface area contributed by atoms with Gasteiger partial charge < -0.3 is 9.84 Å². The van der Waals surface area contributed by atoms with Crippen LogP contribution in [0.2, 0.25) is 0 Å². The molecule has 1 heterocycles. The summed E-state index contributed by atoms with van der Waals surface area (Å²) in [5, 5.41) is 6.58. The first-order valence-electron chi connectivity index (χ1n) is 6.59. The number of halogens is 1. The molecule has 0 unspecified atom stereocenters. The molecule has 110 valence electrons. The molecule has 3 aromatic rings. The Bertz CT molecular complexity index is 812. The molecule has 5 nitrogen and oxygen atoms in total. The van der Waals surface area contributed by atoms with Crippen LogP contribution in [-0.2, 0) is 0 Å². The fraction of sp³-hybridized carbons (Fsp3) is 0.0625. The van der Waals surface area contributed by atoms with Crippen molar-refractivity contribution in [2.24, 2.45) is 0 Å². The monoisotopic (exact) mass is 297 g/mol. The van der Waals surface area contributed by atoms with Gasteiger partial charge in [-0.25, -0.2) is 4.39 Å². The molecule has 0 saturated heterocycles. The van der Waals surface area contributed by atoms with E-state index in [1.54, 1.807) is 25.1 Å². The first kappa shape index (κ1) is 13.9. The Morgan fingerprint density at radius 1 is 1.18 bits per heavy atom. The molecule has 0 fully saturated rings. The zero-order valence-electron chi connectivity index (χ0n) is 11.7. The summed E-state index contributed by atoms with van der Waals surface area (Å²) >= 11 is 0. The zero-order chi connectivity index (χ0) is 15.5. The van der Waals surface area contributed by atoms with Gasteiger partial charge in [0.05, 0.1) is 0 Å². The average molecular weight is 297 g/mol. The van der Waals surface area contributed by atoms with Crippen LogP contribution in [0.5, 0.6) is 0 Å². The summed E-state index contributed by atoms with van der Waals surface area (Å²) in [6.45, 7) is 1.71. The highest BCUT2D eigenvalue weighted by molar-refractivity contribution is 6.04. The summed E-state index contributed by atoms with van der Waals surface area (Å²) in [5.74, 6) is 0.221. The lowest BCUT2D eigenvalue weighted by atomic mass is 10.1. The van der Waals surface area contributed by atoms with Gasteiger partial charge in [0, 0.05) is 23.7 Å². The molecular formula is C16H12FN3O2. The van der Waals surface area contributed by atoms with Crippen LogP contribution in [0.3, 0.4) is 0 Å². The number of aromatic nitrogens is 2. The minimum absolute atomic E-state index is 0.318. The maximum absolute atomic E-state index is 12.9. The Hall–Kier alpha value is -3.02. The third kappa shape index (κ3) is 3.01. The van der Waals surface area contributed by atoms with Crippen molar-refractivity contribution >= 4 is 11.6 Å². The Balaban J connectivity index is 1.81. The molecule has 0 atom stereocenters. The van der Waals surface area contributed by atoms with Gasteiger partial charge >= 0.3 is 0 Å². The first-order valence-corrected chi connectivity index (χ1v) is 6.59. The Morgan fingerprint density at radius 2 is 1.95 bits per heavy atom. The number of anilines is 1. The van der Waals surface area contributed by atoms with E-state index in [1.165, 1.54) is 24.3 Å². The van der Waals surface area contributed by atoms with Gasteiger partial charge in [0.15, 0.2) is 0 Å². The number of rotatable bonds is 3. The number of carbonyl (C=O) groups excluding carboxylic acids is 1. The van der Waals surface area contributed by atoms with Crippen molar-refractivity contribution in [1.82, 2.24) is 10.1 Å². The number of aryl methyl sites for hydroxylation is 1. The van der Waals surface area contributed by atoms with E-state index < -0.39 is 0 Å². The second kappa shape index (κ2) is 5.77. The zero-order valence-corrected chi connectivity index (χ0v) is 11.7. The van der Waals surface area contributed by atoms with E-state index in [0.717, 1.165) is 5.56 Å². The highest BCUT2D eigenvalue weighted by atomic mass is 19.1. The lowest BCUT2D eigenvalue weighted by molar-refractivity contribution is 0.102. The Morgan fingerprint density at radius 3 is 2.64 bits per heavy atom. The lowest BCUT2D eigenvalue weighted by Crippen LogP contribution is -2.11. The first-order chi connectivity index (χ1) is 10.6. The summed E-state index contributed by atoms with van der Waals surface area (Å²) in [6, 6.07) is 12.4. The molecule has 6 heteroatoms. The van der Waals surface area contributed by atoms with Gasteiger partial charge in [-0.05, 0) is 36.4 Å². The van der Waals surface area contributed by atoms with E-state index in [4.69, 9.17) is 4.52 Å². The summed E-state index contributed by atoms with van der Waals surface area (Å²) in [4.78, 5) is 16.2. The molecule has 0 aliphatic heterocycles. The molecule has 0 bridgehead atoms. The molecule has 0 saturated carbocycles. The molecule has 2 aromatic carbocycles. The van der Waals surface area contributed by atoms with Crippen molar-refractivity contribution in [3.63, 3.8) is 0 Å². The number of hydrogen-bond donors (Lipinski definition) is 1. The van der Waals surface area contributed by atoms with Crippen LogP contribution in [0.4, 0.5) is 10.1 Å². The Labute approximate surface area is 125 Å². The van der Waals surface area contributed by atoms with Crippen molar-refractivity contribution in [3.8, 4) is 11.4 Å². The molecule has 1 N–H and O–H groups in total. The van der Waals surface area contributed by atoms with Crippen LogP contribution in [0.1, 0.15) is 16.2 Å². The van der Waals surface area contributed by atoms with Gasteiger partial charge in [0.2, 0.25) is 11.7 Å². The molecule has 1 aromatic heterocycles. The van der Waals surface area contributed by atoms with Crippen LogP contribution in [0, 0.1) is 12.7 Å². The van der Waals surface area contributed by atoms with Gasteiger partial charge in [-0.2, -0.15) is 4.98 Å². The van der Waals surface area contributed by atoms with Crippen molar-refractivity contribution in [3.05, 3.63) is 65.8 Å². The number of benzene rings is 2. The standard InChI is InChI=1S/C16H12FN3O2/c1-10-18-15(20-22-10)12-3-2-4-14(9-12)19-16(21)11-5-7-13(17)8-6-11/h2-9H,1H3,(H,19,21). The fourth-order valence-corrected chi connectivity index (χ4v) is 1.96. The maximum atomic E-state index is 12.9. The van der Waals surface area contributed by atoms with E-state index in [9.17, 15) is 9.18 Å². The molecule has 1 amide bonds. The molecule has 22 heavy (non-hydrogen) atoms. The largest absolute Gasteiger partial charge is 0.339 e. The van der Waals surface area contributed by atoms with E-state index >= 15 is 0 Å². The molecule has 0 aliphatic rings. The van der Waals surface area contributed by atoms with Crippen molar-refractivity contribution < 1.29 is 13.7 Å². The lowest BCUT2D eigenvalue weighted by Gasteiger charge is -2.06. The molecule has 0 spiro atoms. The number of hydrogen-bond acceptors (Lipinski definition) is 4. The third-order valence-corrected chi connectivity index (χ3v) is 3.01. The minimum atomic E-state index is -0.383. The van der Waals surface area contributed by atoms with E-state index in [1.807, 2.05) is 6.07 Å². The van der Waals surface area contributed by atoms with Crippen LogP contribution in [-0.4, -0.2) is 16.0 Å². The summed E-state index contributed by atoms with van der Waals surface area (Å²) in [6.07, 6.45) is 0. The normalized spacial score (nSPS) is 10.5. The van der Waals surface area contributed by atoms with Crippen LogP contribution in [0.15, 0.2) is 53.1 Å². The minimum Gasteiger partial charge on any atom is -0.339 e. The van der Waals surface area contributed by atoms with Crippen LogP contribution < -0.4 is 5.32 Å². The molecule has 3 rings (SSSR count). The average Bonchev–Trinajstić information content (AvgIpc) is 2.95. The van der Waals surface area contributed by atoms with Gasteiger partial charge in [0.25, 0.3) is 5.91 Å². The summed E-state index contributed by atoms with van der Waals surface area (Å²) < 4.78 is 17.8. The number of nitrogens with zero attached hydrogens (tertiary/aromatic N) is 2. The molecular weight excluding hydrogens is 285 g/mol. The van der Waals surface area contributed by atoms with Crippen molar-refractivity contribution in [2.75, 3.05) is 5.32 Å². The number of carbonyl (C=O) groups is 1. The topological polar surface area (TPSA) is 68.0 Å². The quantitative estimate of drug-likeness (QED) is 0.804. The van der Waals surface area contributed by atoms with E-state index in [2.05, 4.69) is 15.5 Å². The molecule has 0 radical (unpaired) electrons. The fourth-order valence-electron chi connectivity index (χ4n) is 1.96. The van der Waals surface area contributed by atoms with E-state index in [-0.39, 0.29) is 11.7 Å². The highest BCUT2D eigenvalue weighted by Crippen LogP contribution is 2.20. The predicted molar refractivity (Wildman–Crippen MR) is 78.8 cm³/mol. The van der Waals surface area contributed by atoms with Crippen molar-refractivity contribution in [2.45, 2.75) is 6.92 Å². The highest BCUT2D eigenvalue weighted by Gasteiger charge is 2.09. The number of amides is 1. The summed E-state index contributed by atoms with van der Waals surface area (Å²) in [5.41, 5.74) is 1.70. The SMILES string of the molecule is Cc1nc(-c2cccc(NC(=O)c3ccc(F)cc3)c2)no1. The smallest absolute Gasteiger partial charge is 0.255 e. The predicted octanol–water partition coefficient (Wildman–Crippen LogP) is 3.44. The third-order valence-electron chi connectivity index (χ3n) is 3.01. The second-order valence-electron chi connectivity index (χ2n) is 4.68. The maximum Gasteiger partial charge on any atom is 0.255 e. The van der Waals surface area contributed by atoms with Crippen molar-refractivity contribution in [1.29, 1.82) is 0 Å². The van der Waals surface area contributed by atoms with Gasteiger partial charge in [0.1, 0.15) is 5.82 Å². The van der Waals surface area contributed by atoms with Crippen LogP contribution in [0.25, 0.3) is 11.4 Å². The van der Waals surface area contributed by atoms with E-state index in [0.29, 0.717) is 23.0 Å². The van der Waals surface area contributed by atoms with Gasteiger partial charge in [-0.3, -0.25) is 4.79 Å².